The molecule has 0 heterocycles. The first-order valence-electron chi connectivity index (χ1n) is 4.08. The highest BCUT2D eigenvalue weighted by atomic mass is 16.6. The SMILES string of the molecule is C#CCNc1cccc(C)c1[N+](=O)[O-]. The van der Waals surface area contributed by atoms with Gasteiger partial charge in [0.15, 0.2) is 0 Å². The van der Waals surface area contributed by atoms with Crippen LogP contribution in [0.2, 0.25) is 0 Å². The van der Waals surface area contributed by atoms with E-state index in [1.165, 1.54) is 0 Å². The van der Waals surface area contributed by atoms with Gasteiger partial charge >= 0.3 is 0 Å². The number of hydrogen-bond donors (Lipinski definition) is 1. The largest absolute Gasteiger partial charge is 0.369 e. The lowest BCUT2D eigenvalue weighted by atomic mass is 10.1. The molecule has 1 N–H and O–H groups in total. The maximum atomic E-state index is 10.7. The Morgan fingerprint density at radius 3 is 2.93 bits per heavy atom. The summed E-state index contributed by atoms with van der Waals surface area (Å²) in [6.07, 6.45) is 5.06. The molecule has 0 aliphatic carbocycles. The summed E-state index contributed by atoms with van der Waals surface area (Å²) in [5.74, 6) is 2.37. The van der Waals surface area contributed by atoms with E-state index >= 15 is 0 Å². The zero-order chi connectivity index (χ0) is 10.6. The average molecular weight is 190 g/mol. The third-order valence-corrected chi connectivity index (χ3v) is 1.80. The summed E-state index contributed by atoms with van der Waals surface area (Å²) in [4.78, 5) is 10.3. The number of nitro groups is 1. The van der Waals surface area contributed by atoms with Gasteiger partial charge in [-0.25, -0.2) is 0 Å². The highest BCUT2D eigenvalue weighted by Gasteiger charge is 2.15. The second-order valence-corrected chi connectivity index (χ2v) is 2.79. The molecule has 72 valence electrons. The lowest BCUT2D eigenvalue weighted by Gasteiger charge is -2.05. The van der Waals surface area contributed by atoms with Gasteiger partial charge in [-0.15, -0.1) is 6.42 Å². The number of nitro benzene ring substituents is 1. The smallest absolute Gasteiger partial charge is 0.295 e. The molecule has 1 rings (SSSR count). The number of anilines is 1. The molecule has 0 amide bonds. The number of hydrogen-bond acceptors (Lipinski definition) is 3. The highest BCUT2D eigenvalue weighted by molar-refractivity contribution is 5.65. The van der Waals surface area contributed by atoms with Crippen LogP contribution in [-0.4, -0.2) is 11.5 Å². The molecule has 0 aliphatic heterocycles. The molecule has 14 heavy (non-hydrogen) atoms. The van der Waals surface area contributed by atoms with Crippen molar-refractivity contribution in [3.63, 3.8) is 0 Å². The van der Waals surface area contributed by atoms with Crippen molar-refractivity contribution in [3.8, 4) is 12.3 Å². The number of benzene rings is 1. The van der Waals surface area contributed by atoms with E-state index in [4.69, 9.17) is 6.42 Å². The second-order valence-electron chi connectivity index (χ2n) is 2.79. The number of rotatable bonds is 3. The van der Waals surface area contributed by atoms with Crippen LogP contribution in [0.5, 0.6) is 0 Å². The molecule has 0 aliphatic rings. The monoisotopic (exact) mass is 190 g/mol. The molecule has 0 atom stereocenters. The molecule has 0 fully saturated rings. The Bertz CT molecular complexity index is 394. The van der Waals surface area contributed by atoms with E-state index < -0.39 is 4.92 Å². The van der Waals surface area contributed by atoms with E-state index in [0.29, 0.717) is 11.3 Å². The summed E-state index contributed by atoms with van der Waals surface area (Å²) in [5.41, 5.74) is 1.17. The molecule has 1 aromatic carbocycles. The number of nitrogens with zero attached hydrogens (tertiary/aromatic N) is 1. The Kier molecular flexibility index (Phi) is 3.08. The predicted octanol–water partition coefficient (Wildman–Crippen LogP) is 1.95. The van der Waals surface area contributed by atoms with Crippen molar-refractivity contribution in [2.45, 2.75) is 6.92 Å². The molecule has 0 unspecified atom stereocenters. The van der Waals surface area contributed by atoms with Crippen molar-refractivity contribution < 1.29 is 4.92 Å². The lowest BCUT2D eigenvalue weighted by molar-refractivity contribution is -0.384. The Balaban J connectivity index is 3.09. The van der Waals surface area contributed by atoms with Crippen LogP contribution >= 0.6 is 0 Å². The van der Waals surface area contributed by atoms with Gasteiger partial charge in [0.2, 0.25) is 0 Å². The number of terminal acetylenes is 1. The van der Waals surface area contributed by atoms with Gasteiger partial charge in [0.05, 0.1) is 11.5 Å². The lowest BCUT2D eigenvalue weighted by Crippen LogP contribution is -2.03. The van der Waals surface area contributed by atoms with Crippen molar-refractivity contribution in [1.29, 1.82) is 0 Å². The summed E-state index contributed by atoms with van der Waals surface area (Å²) < 4.78 is 0. The van der Waals surface area contributed by atoms with Crippen molar-refractivity contribution in [2.75, 3.05) is 11.9 Å². The van der Waals surface area contributed by atoms with Crippen molar-refractivity contribution >= 4 is 11.4 Å². The fourth-order valence-electron chi connectivity index (χ4n) is 1.19. The van der Waals surface area contributed by atoms with Crippen LogP contribution in [0.4, 0.5) is 11.4 Å². The van der Waals surface area contributed by atoms with Crippen molar-refractivity contribution in [1.82, 2.24) is 0 Å². The van der Waals surface area contributed by atoms with E-state index in [-0.39, 0.29) is 12.2 Å². The van der Waals surface area contributed by atoms with Gasteiger partial charge in [-0.2, -0.15) is 0 Å². The highest BCUT2D eigenvalue weighted by Crippen LogP contribution is 2.27. The molecule has 4 nitrogen and oxygen atoms in total. The Hall–Kier alpha value is -2.02. The summed E-state index contributed by atoms with van der Waals surface area (Å²) in [6, 6.07) is 5.09. The molecule has 0 bridgehead atoms. The van der Waals surface area contributed by atoms with Crippen LogP contribution in [0.25, 0.3) is 0 Å². The fraction of sp³-hybridized carbons (Fsp3) is 0.200. The molecule has 1 aromatic rings. The summed E-state index contributed by atoms with van der Waals surface area (Å²) in [7, 11) is 0. The van der Waals surface area contributed by atoms with Crippen LogP contribution in [-0.2, 0) is 0 Å². The third kappa shape index (κ3) is 2.02. The van der Waals surface area contributed by atoms with Crippen molar-refractivity contribution in [3.05, 3.63) is 33.9 Å². The topological polar surface area (TPSA) is 55.2 Å². The minimum Gasteiger partial charge on any atom is -0.369 e. The van der Waals surface area contributed by atoms with E-state index in [0.717, 1.165) is 0 Å². The van der Waals surface area contributed by atoms with Crippen molar-refractivity contribution in [2.24, 2.45) is 0 Å². The second kappa shape index (κ2) is 4.28. The maximum Gasteiger partial charge on any atom is 0.295 e. The molecule has 0 aromatic heterocycles. The Labute approximate surface area is 82.1 Å². The van der Waals surface area contributed by atoms with Gasteiger partial charge in [-0.05, 0) is 13.0 Å². The van der Waals surface area contributed by atoms with Crippen LogP contribution in [0, 0.1) is 29.4 Å². The van der Waals surface area contributed by atoms with Gasteiger partial charge in [-0.3, -0.25) is 10.1 Å². The van der Waals surface area contributed by atoms with Crippen LogP contribution in [0.1, 0.15) is 5.56 Å². The minimum absolute atomic E-state index is 0.0859. The zero-order valence-electron chi connectivity index (χ0n) is 7.78. The molecule has 0 saturated carbocycles. The van der Waals surface area contributed by atoms with Gasteiger partial charge in [0.1, 0.15) is 5.69 Å². The number of aryl methyl sites for hydroxylation is 1. The summed E-state index contributed by atoms with van der Waals surface area (Å²) in [6.45, 7) is 1.98. The predicted molar refractivity (Wildman–Crippen MR) is 55.2 cm³/mol. The van der Waals surface area contributed by atoms with Crippen LogP contribution < -0.4 is 5.32 Å². The van der Waals surface area contributed by atoms with E-state index in [9.17, 15) is 10.1 Å². The molecular formula is C10H10N2O2. The quantitative estimate of drug-likeness (QED) is 0.450. The van der Waals surface area contributed by atoms with E-state index in [2.05, 4.69) is 11.2 Å². The third-order valence-electron chi connectivity index (χ3n) is 1.80. The fourth-order valence-corrected chi connectivity index (χ4v) is 1.19. The first-order chi connectivity index (χ1) is 6.66. The first-order valence-corrected chi connectivity index (χ1v) is 4.08. The molecular weight excluding hydrogens is 180 g/mol. The zero-order valence-corrected chi connectivity index (χ0v) is 7.78. The number of nitrogens with one attached hydrogen (secondary N) is 1. The average Bonchev–Trinajstić information content (AvgIpc) is 2.14. The van der Waals surface area contributed by atoms with Crippen LogP contribution in [0.15, 0.2) is 18.2 Å². The molecule has 0 radical (unpaired) electrons. The van der Waals surface area contributed by atoms with Crippen LogP contribution in [0.3, 0.4) is 0 Å². The molecule has 0 spiro atoms. The van der Waals surface area contributed by atoms with Gasteiger partial charge < -0.3 is 5.32 Å². The summed E-state index contributed by atoms with van der Waals surface area (Å²) >= 11 is 0. The number of para-hydroxylation sites is 1. The maximum absolute atomic E-state index is 10.7. The molecule has 0 saturated heterocycles. The van der Waals surface area contributed by atoms with Gasteiger partial charge in [-0.1, -0.05) is 18.1 Å². The van der Waals surface area contributed by atoms with E-state index in [1.54, 1.807) is 25.1 Å². The summed E-state index contributed by atoms with van der Waals surface area (Å²) in [5, 5.41) is 13.5. The van der Waals surface area contributed by atoms with Gasteiger partial charge in [0, 0.05) is 5.56 Å². The van der Waals surface area contributed by atoms with Gasteiger partial charge in [0.25, 0.3) is 5.69 Å². The first kappa shape index (κ1) is 10.1. The Morgan fingerprint density at radius 1 is 1.64 bits per heavy atom. The standard InChI is InChI=1S/C10H10N2O2/c1-3-7-11-9-6-4-5-8(2)10(9)12(13)14/h1,4-6,11H,7H2,2H3. The normalized spacial score (nSPS) is 9.14. The minimum atomic E-state index is -0.409. The Morgan fingerprint density at radius 2 is 2.36 bits per heavy atom. The molecule has 4 heteroatoms. The van der Waals surface area contributed by atoms with E-state index in [1.807, 2.05) is 0 Å².